The van der Waals surface area contributed by atoms with E-state index in [0.29, 0.717) is 6.61 Å². The molecule has 0 radical (unpaired) electrons. The van der Waals surface area contributed by atoms with Crippen LogP contribution in [0, 0.1) is 0 Å². The number of imidazole rings is 1. The number of aromatic nitrogens is 2. The van der Waals surface area contributed by atoms with E-state index in [1.54, 1.807) is 0 Å². The summed E-state index contributed by atoms with van der Waals surface area (Å²) in [5.41, 5.74) is 1.10. The zero-order valence-corrected chi connectivity index (χ0v) is 12.6. The van der Waals surface area contributed by atoms with Gasteiger partial charge in [0.1, 0.15) is 12.4 Å². The quantitative estimate of drug-likeness (QED) is 0.529. The van der Waals surface area contributed by atoms with E-state index < -0.39 is 0 Å². The van der Waals surface area contributed by atoms with Crippen LogP contribution in [0.3, 0.4) is 0 Å². The van der Waals surface area contributed by atoms with Crippen LogP contribution in [-0.2, 0) is 6.54 Å². The maximum atomic E-state index is 5.68. The third kappa shape index (κ3) is 3.86. The summed E-state index contributed by atoms with van der Waals surface area (Å²) in [5.74, 6) is 0.934. The van der Waals surface area contributed by atoms with Gasteiger partial charge in [0.15, 0.2) is 11.4 Å². The summed E-state index contributed by atoms with van der Waals surface area (Å²) in [4.78, 5) is 0. The fourth-order valence-corrected chi connectivity index (χ4v) is 2.34. The number of hydrogen-bond donors (Lipinski definition) is 0. The first-order chi connectivity index (χ1) is 9.85. The molecule has 0 spiro atoms. The Morgan fingerprint density at radius 1 is 1.10 bits per heavy atom. The fraction of sp³-hybridized carbons (Fsp3) is 0.471. The lowest BCUT2D eigenvalue weighted by atomic mass is 10.2. The second-order valence-electron chi connectivity index (χ2n) is 5.02. The molecule has 0 bridgehead atoms. The number of ether oxygens (including phenoxy) is 1. The average Bonchev–Trinajstić information content (AvgIpc) is 2.93. The highest BCUT2D eigenvalue weighted by molar-refractivity contribution is 5.46. The van der Waals surface area contributed by atoms with Crippen molar-refractivity contribution in [3.8, 4) is 11.4 Å². The third-order valence-corrected chi connectivity index (χ3v) is 3.40. The molecule has 0 aliphatic rings. The van der Waals surface area contributed by atoms with Crippen LogP contribution in [0.1, 0.15) is 39.5 Å². The van der Waals surface area contributed by atoms with E-state index in [1.807, 2.05) is 25.1 Å². The second-order valence-corrected chi connectivity index (χ2v) is 5.02. The Morgan fingerprint density at radius 2 is 1.95 bits per heavy atom. The van der Waals surface area contributed by atoms with E-state index in [4.69, 9.17) is 4.74 Å². The van der Waals surface area contributed by atoms with Crippen molar-refractivity contribution in [2.24, 2.45) is 0 Å². The first kappa shape index (κ1) is 14.6. The zero-order valence-electron chi connectivity index (χ0n) is 12.6. The molecule has 0 aliphatic heterocycles. The van der Waals surface area contributed by atoms with E-state index in [2.05, 4.69) is 40.8 Å². The van der Waals surface area contributed by atoms with Crippen LogP contribution in [0.2, 0.25) is 0 Å². The molecule has 20 heavy (non-hydrogen) atoms. The summed E-state index contributed by atoms with van der Waals surface area (Å²) < 4.78 is 10.1. The van der Waals surface area contributed by atoms with Crippen molar-refractivity contribution in [2.75, 3.05) is 6.61 Å². The number of hydrogen-bond acceptors (Lipinski definition) is 1. The molecule has 0 amide bonds. The minimum absolute atomic E-state index is 0.690. The predicted molar refractivity (Wildman–Crippen MR) is 81.3 cm³/mol. The summed E-state index contributed by atoms with van der Waals surface area (Å²) in [6, 6.07) is 8.16. The molecular formula is C17H25N2O+. The van der Waals surface area contributed by atoms with Crippen molar-refractivity contribution >= 4 is 0 Å². The number of para-hydroxylation sites is 2. The Balaban J connectivity index is 2.04. The van der Waals surface area contributed by atoms with E-state index >= 15 is 0 Å². The van der Waals surface area contributed by atoms with Gasteiger partial charge in [0.05, 0.1) is 13.2 Å². The Morgan fingerprint density at radius 3 is 2.75 bits per heavy atom. The maximum Gasteiger partial charge on any atom is 0.249 e. The monoisotopic (exact) mass is 273 g/mol. The average molecular weight is 273 g/mol. The van der Waals surface area contributed by atoms with Gasteiger partial charge in [0, 0.05) is 0 Å². The van der Waals surface area contributed by atoms with E-state index in [9.17, 15) is 0 Å². The smallest absolute Gasteiger partial charge is 0.249 e. The van der Waals surface area contributed by atoms with Crippen molar-refractivity contribution in [1.82, 2.24) is 4.57 Å². The third-order valence-electron chi connectivity index (χ3n) is 3.40. The largest absolute Gasteiger partial charge is 0.489 e. The normalized spacial score (nSPS) is 10.7. The molecule has 0 unspecified atom stereocenters. The predicted octanol–water partition coefficient (Wildman–Crippen LogP) is 3.74. The number of unbranched alkanes of at least 4 members (excludes halogenated alkanes) is 3. The molecular weight excluding hydrogens is 248 g/mol. The van der Waals surface area contributed by atoms with Gasteiger partial charge in [0.25, 0.3) is 0 Å². The zero-order chi connectivity index (χ0) is 14.2. The van der Waals surface area contributed by atoms with Gasteiger partial charge in [-0.25, -0.2) is 4.57 Å². The van der Waals surface area contributed by atoms with Gasteiger partial charge in [-0.2, -0.15) is 4.57 Å². The molecule has 0 fully saturated rings. The number of aryl methyl sites for hydroxylation is 1. The van der Waals surface area contributed by atoms with Gasteiger partial charge < -0.3 is 4.74 Å². The van der Waals surface area contributed by atoms with Gasteiger partial charge in [-0.1, -0.05) is 31.9 Å². The number of rotatable bonds is 8. The highest BCUT2D eigenvalue weighted by Crippen LogP contribution is 2.21. The molecule has 108 valence electrons. The van der Waals surface area contributed by atoms with Crippen molar-refractivity contribution in [3.05, 3.63) is 43.0 Å². The minimum atomic E-state index is 0.690. The Hall–Kier alpha value is -1.77. The van der Waals surface area contributed by atoms with E-state index in [1.165, 1.54) is 25.7 Å². The van der Waals surface area contributed by atoms with Gasteiger partial charge in [-0.15, -0.1) is 0 Å². The van der Waals surface area contributed by atoms with E-state index in [0.717, 1.165) is 18.0 Å². The molecule has 3 nitrogen and oxygen atoms in total. The van der Waals surface area contributed by atoms with Gasteiger partial charge >= 0.3 is 0 Å². The van der Waals surface area contributed by atoms with Crippen molar-refractivity contribution < 1.29 is 9.30 Å². The first-order valence-corrected chi connectivity index (χ1v) is 7.64. The molecule has 0 saturated heterocycles. The molecule has 3 heteroatoms. The van der Waals surface area contributed by atoms with Crippen LogP contribution in [0.5, 0.6) is 5.75 Å². The molecule has 1 aromatic heterocycles. The topological polar surface area (TPSA) is 18.0 Å². The molecule has 2 aromatic rings. The van der Waals surface area contributed by atoms with Crippen molar-refractivity contribution in [3.63, 3.8) is 0 Å². The lowest BCUT2D eigenvalue weighted by Crippen LogP contribution is -2.30. The molecule has 2 rings (SSSR count). The van der Waals surface area contributed by atoms with Crippen LogP contribution in [0.4, 0.5) is 0 Å². The highest BCUT2D eigenvalue weighted by Gasteiger charge is 2.11. The Labute approximate surface area is 121 Å². The van der Waals surface area contributed by atoms with Crippen LogP contribution in [0.25, 0.3) is 5.69 Å². The summed E-state index contributed by atoms with van der Waals surface area (Å²) in [7, 11) is 0. The summed E-state index contributed by atoms with van der Waals surface area (Å²) in [6.45, 7) is 6.04. The summed E-state index contributed by atoms with van der Waals surface area (Å²) in [6.07, 6.45) is 11.5. The Bertz CT molecular complexity index is 519. The van der Waals surface area contributed by atoms with Crippen molar-refractivity contribution in [1.29, 1.82) is 0 Å². The summed E-state index contributed by atoms with van der Waals surface area (Å²) in [5, 5.41) is 0. The van der Waals surface area contributed by atoms with Crippen LogP contribution in [0.15, 0.2) is 43.0 Å². The van der Waals surface area contributed by atoms with Gasteiger partial charge in [-0.05, 0) is 31.9 Å². The summed E-state index contributed by atoms with van der Waals surface area (Å²) >= 11 is 0. The maximum absolute atomic E-state index is 5.68. The number of nitrogens with zero attached hydrogens (tertiary/aromatic N) is 2. The van der Waals surface area contributed by atoms with Crippen molar-refractivity contribution in [2.45, 2.75) is 46.1 Å². The lowest BCUT2D eigenvalue weighted by Gasteiger charge is -2.05. The molecule has 0 aliphatic carbocycles. The highest BCUT2D eigenvalue weighted by atomic mass is 16.5. The Kier molecular flexibility index (Phi) is 5.66. The molecule has 0 saturated carbocycles. The van der Waals surface area contributed by atoms with Gasteiger partial charge in [0.2, 0.25) is 6.33 Å². The van der Waals surface area contributed by atoms with E-state index in [-0.39, 0.29) is 0 Å². The molecule has 0 N–H and O–H groups in total. The fourth-order valence-electron chi connectivity index (χ4n) is 2.34. The van der Waals surface area contributed by atoms with Gasteiger partial charge in [-0.3, -0.25) is 0 Å². The first-order valence-electron chi connectivity index (χ1n) is 7.64. The molecule has 1 heterocycles. The molecule has 1 aromatic carbocycles. The standard InChI is InChI=1S/C17H25N2O/c1-3-5-6-9-12-18-13-14-19(15-18)16-10-7-8-11-17(16)20-4-2/h7-8,10-11,13-15H,3-6,9,12H2,1-2H3/q+1. The lowest BCUT2D eigenvalue weighted by molar-refractivity contribution is -0.696. The SMILES string of the molecule is CCCCCC[n+]1ccn(-c2ccccc2OCC)c1. The van der Waals surface area contributed by atoms with Crippen LogP contribution in [-0.4, -0.2) is 11.2 Å². The minimum Gasteiger partial charge on any atom is -0.489 e. The number of benzene rings is 1. The molecule has 0 atom stereocenters. The van der Waals surface area contributed by atoms with Crippen LogP contribution < -0.4 is 9.30 Å². The second kappa shape index (κ2) is 7.73. The van der Waals surface area contributed by atoms with Crippen LogP contribution >= 0.6 is 0 Å².